The van der Waals surface area contributed by atoms with Crippen LogP contribution >= 0.6 is 0 Å². The van der Waals surface area contributed by atoms with Gasteiger partial charge < -0.3 is 4.90 Å². The van der Waals surface area contributed by atoms with E-state index in [1.807, 2.05) is 24.8 Å². The number of hydrogen-bond donors (Lipinski definition) is 0. The molecular weight excluding hydrogens is 198 g/mol. The first-order chi connectivity index (χ1) is 7.76. The van der Waals surface area contributed by atoms with E-state index in [2.05, 4.69) is 6.92 Å². The van der Waals surface area contributed by atoms with E-state index in [0.717, 1.165) is 19.5 Å². The minimum absolute atomic E-state index is 0.151. The lowest BCUT2D eigenvalue weighted by molar-refractivity contribution is -0.125. The molecule has 0 atom stereocenters. The molecule has 2 nitrogen and oxygen atoms in total. The Morgan fingerprint density at radius 1 is 1.00 bits per heavy atom. The van der Waals surface area contributed by atoms with Gasteiger partial charge in [-0.3, -0.25) is 4.79 Å². The highest BCUT2D eigenvalue weighted by atomic mass is 16.2. The minimum Gasteiger partial charge on any atom is -0.340 e. The van der Waals surface area contributed by atoms with Gasteiger partial charge in [0.1, 0.15) is 0 Å². The Morgan fingerprint density at radius 2 is 1.62 bits per heavy atom. The van der Waals surface area contributed by atoms with Crippen molar-refractivity contribution < 1.29 is 4.79 Å². The van der Waals surface area contributed by atoms with E-state index in [1.54, 1.807) is 6.08 Å². The van der Waals surface area contributed by atoms with Gasteiger partial charge in [0.05, 0.1) is 0 Å². The van der Waals surface area contributed by atoms with Crippen molar-refractivity contribution in [3.63, 3.8) is 0 Å². The van der Waals surface area contributed by atoms with Crippen molar-refractivity contribution in [3.05, 3.63) is 12.2 Å². The third kappa shape index (κ3) is 7.49. The van der Waals surface area contributed by atoms with Gasteiger partial charge in [-0.25, -0.2) is 0 Å². The molecule has 0 saturated carbocycles. The molecule has 0 aliphatic heterocycles. The van der Waals surface area contributed by atoms with E-state index in [9.17, 15) is 4.79 Å². The molecule has 0 aromatic carbocycles. The highest BCUT2D eigenvalue weighted by molar-refractivity contribution is 5.87. The highest BCUT2D eigenvalue weighted by Crippen LogP contribution is 2.05. The molecule has 16 heavy (non-hydrogen) atoms. The first-order valence-electron chi connectivity index (χ1n) is 6.71. The number of allylic oxidation sites excluding steroid dienone is 1. The van der Waals surface area contributed by atoms with E-state index in [-0.39, 0.29) is 5.91 Å². The van der Waals surface area contributed by atoms with Crippen LogP contribution in [0.15, 0.2) is 12.2 Å². The van der Waals surface area contributed by atoms with E-state index in [4.69, 9.17) is 0 Å². The molecule has 0 unspecified atom stereocenters. The topological polar surface area (TPSA) is 20.3 Å². The molecule has 0 aliphatic carbocycles. The smallest absolute Gasteiger partial charge is 0.246 e. The Morgan fingerprint density at radius 3 is 2.19 bits per heavy atom. The summed E-state index contributed by atoms with van der Waals surface area (Å²) in [7, 11) is 0. The largest absolute Gasteiger partial charge is 0.340 e. The van der Waals surface area contributed by atoms with Crippen LogP contribution in [-0.4, -0.2) is 23.9 Å². The van der Waals surface area contributed by atoms with Crippen molar-refractivity contribution in [1.29, 1.82) is 0 Å². The summed E-state index contributed by atoms with van der Waals surface area (Å²) in [5.41, 5.74) is 0. The number of carbonyl (C=O) groups excluding carboxylic acids is 1. The average Bonchev–Trinajstić information content (AvgIpc) is 2.29. The third-order valence-electron chi connectivity index (χ3n) is 2.81. The Hall–Kier alpha value is -0.790. The normalized spacial score (nSPS) is 10.9. The van der Waals surface area contributed by atoms with Gasteiger partial charge in [-0.1, -0.05) is 38.7 Å². The van der Waals surface area contributed by atoms with E-state index >= 15 is 0 Å². The molecule has 2 heteroatoms. The summed E-state index contributed by atoms with van der Waals surface area (Å²) < 4.78 is 0. The van der Waals surface area contributed by atoms with E-state index in [0.29, 0.717) is 0 Å². The molecule has 0 spiro atoms. The predicted octanol–water partition coefficient (Wildman–Crippen LogP) is 3.77. The van der Waals surface area contributed by atoms with Crippen LogP contribution in [-0.2, 0) is 4.79 Å². The maximum atomic E-state index is 11.6. The predicted molar refractivity (Wildman–Crippen MR) is 70.4 cm³/mol. The molecule has 0 heterocycles. The molecule has 0 aromatic heterocycles. The lowest BCUT2D eigenvalue weighted by Crippen LogP contribution is -2.28. The van der Waals surface area contributed by atoms with Gasteiger partial charge in [0.15, 0.2) is 0 Å². The van der Waals surface area contributed by atoms with Crippen LogP contribution in [0.4, 0.5) is 0 Å². The molecule has 0 rings (SSSR count). The van der Waals surface area contributed by atoms with Gasteiger partial charge in [0, 0.05) is 13.1 Å². The zero-order valence-electron chi connectivity index (χ0n) is 11.2. The van der Waals surface area contributed by atoms with Crippen LogP contribution in [0.2, 0.25) is 0 Å². The van der Waals surface area contributed by atoms with Gasteiger partial charge in [0.25, 0.3) is 0 Å². The minimum atomic E-state index is 0.151. The van der Waals surface area contributed by atoms with Crippen molar-refractivity contribution in [2.45, 2.75) is 59.3 Å². The maximum absolute atomic E-state index is 11.6. The zero-order valence-corrected chi connectivity index (χ0v) is 11.2. The van der Waals surface area contributed by atoms with Gasteiger partial charge in [-0.05, 0) is 32.8 Å². The average molecular weight is 225 g/mol. The number of rotatable bonds is 9. The lowest BCUT2D eigenvalue weighted by Gasteiger charge is -2.15. The monoisotopic (exact) mass is 225 g/mol. The van der Waals surface area contributed by atoms with Crippen molar-refractivity contribution in [2.24, 2.45) is 0 Å². The second-order valence-electron chi connectivity index (χ2n) is 4.12. The quantitative estimate of drug-likeness (QED) is 0.432. The molecule has 0 bridgehead atoms. The van der Waals surface area contributed by atoms with Crippen LogP contribution in [0.1, 0.15) is 59.3 Å². The fourth-order valence-corrected chi connectivity index (χ4v) is 1.69. The SMILES string of the molecule is CCCCCCC/C=C/C(=O)N(CC)CC. The fraction of sp³-hybridized carbons (Fsp3) is 0.786. The molecule has 0 N–H and O–H groups in total. The standard InChI is InChI=1S/C14H27NO/c1-4-7-8-9-10-11-12-13-14(16)15(5-2)6-3/h12-13H,4-11H2,1-3H3/b13-12+. The van der Waals surface area contributed by atoms with Crippen LogP contribution in [0.5, 0.6) is 0 Å². The number of unbranched alkanes of at least 4 members (excludes halogenated alkanes) is 5. The van der Waals surface area contributed by atoms with Crippen LogP contribution < -0.4 is 0 Å². The summed E-state index contributed by atoms with van der Waals surface area (Å²) in [4.78, 5) is 13.4. The summed E-state index contributed by atoms with van der Waals surface area (Å²) in [6.07, 6.45) is 11.2. The number of nitrogens with zero attached hydrogens (tertiary/aromatic N) is 1. The number of amides is 1. The Balaban J connectivity index is 3.55. The molecule has 0 fully saturated rings. The second kappa shape index (κ2) is 10.7. The number of hydrogen-bond acceptors (Lipinski definition) is 1. The molecule has 0 aliphatic rings. The summed E-state index contributed by atoms with van der Waals surface area (Å²) in [5.74, 6) is 0.151. The number of carbonyl (C=O) groups is 1. The van der Waals surface area contributed by atoms with Crippen molar-refractivity contribution in [2.75, 3.05) is 13.1 Å². The van der Waals surface area contributed by atoms with Crippen LogP contribution in [0, 0.1) is 0 Å². The zero-order chi connectivity index (χ0) is 12.2. The molecule has 0 saturated heterocycles. The van der Waals surface area contributed by atoms with Gasteiger partial charge in [-0.15, -0.1) is 0 Å². The summed E-state index contributed by atoms with van der Waals surface area (Å²) in [6.45, 7) is 7.86. The fourth-order valence-electron chi connectivity index (χ4n) is 1.69. The van der Waals surface area contributed by atoms with Gasteiger partial charge in [-0.2, -0.15) is 0 Å². The molecule has 0 radical (unpaired) electrons. The first kappa shape index (κ1) is 15.2. The molecule has 0 aromatic rings. The van der Waals surface area contributed by atoms with Gasteiger partial charge >= 0.3 is 0 Å². The first-order valence-corrected chi connectivity index (χ1v) is 6.71. The van der Waals surface area contributed by atoms with Gasteiger partial charge in [0.2, 0.25) is 5.91 Å². The van der Waals surface area contributed by atoms with E-state index in [1.165, 1.54) is 32.1 Å². The lowest BCUT2D eigenvalue weighted by atomic mass is 10.1. The summed E-state index contributed by atoms with van der Waals surface area (Å²) in [6, 6.07) is 0. The maximum Gasteiger partial charge on any atom is 0.246 e. The van der Waals surface area contributed by atoms with Crippen LogP contribution in [0.25, 0.3) is 0 Å². The second-order valence-corrected chi connectivity index (χ2v) is 4.12. The van der Waals surface area contributed by atoms with Crippen molar-refractivity contribution in [1.82, 2.24) is 4.90 Å². The highest BCUT2D eigenvalue weighted by Gasteiger charge is 2.03. The molecule has 1 amide bonds. The van der Waals surface area contributed by atoms with Crippen LogP contribution in [0.3, 0.4) is 0 Å². The Labute approximate surface area is 101 Å². The Bertz CT molecular complexity index is 195. The van der Waals surface area contributed by atoms with Crippen molar-refractivity contribution >= 4 is 5.91 Å². The van der Waals surface area contributed by atoms with E-state index < -0.39 is 0 Å². The third-order valence-corrected chi connectivity index (χ3v) is 2.81. The Kier molecular flexibility index (Phi) is 10.2. The molecular formula is C14H27NO. The summed E-state index contributed by atoms with van der Waals surface area (Å²) in [5, 5.41) is 0. The van der Waals surface area contributed by atoms with Crippen molar-refractivity contribution in [3.8, 4) is 0 Å². The summed E-state index contributed by atoms with van der Waals surface area (Å²) >= 11 is 0. The molecule has 94 valence electrons. The number of likely N-dealkylation sites (N-methyl/N-ethyl adjacent to an activating group) is 1.